The smallest absolute Gasteiger partial charge is 0.162 e. The van der Waals surface area contributed by atoms with Crippen molar-refractivity contribution in [2.75, 3.05) is 6.61 Å². The number of furan rings is 1. The molecule has 0 saturated heterocycles. The molecule has 0 saturated carbocycles. The van der Waals surface area contributed by atoms with Crippen molar-refractivity contribution >= 4 is 11.3 Å². The molecule has 4 nitrogen and oxygen atoms in total. The van der Waals surface area contributed by atoms with Gasteiger partial charge in [-0.3, -0.25) is 0 Å². The van der Waals surface area contributed by atoms with E-state index in [0.717, 1.165) is 22.9 Å². The van der Waals surface area contributed by atoms with E-state index in [0.29, 0.717) is 6.54 Å². The number of aliphatic hydroxyl groups excluding tert-OH is 1. The molecular formula is C15H22N2O2S. The second-order valence-electron chi connectivity index (χ2n) is 6.15. The number of hydrogen-bond donors (Lipinski definition) is 2. The molecule has 20 heavy (non-hydrogen) atoms. The van der Waals surface area contributed by atoms with Crippen molar-refractivity contribution in [2.45, 2.75) is 39.8 Å². The Kier molecular flexibility index (Phi) is 4.96. The molecule has 0 aliphatic rings. The van der Waals surface area contributed by atoms with Gasteiger partial charge in [-0.2, -0.15) is 0 Å². The fraction of sp³-hybridized carbons (Fsp3) is 0.533. The first-order valence-corrected chi connectivity index (χ1v) is 7.68. The van der Waals surface area contributed by atoms with Gasteiger partial charge in [0.25, 0.3) is 0 Å². The molecule has 0 radical (unpaired) electrons. The number of nitrogens with one attached hydrogen (secondary N) is 1. The molecular weight excluding hydrogens is 272 g/mol. The third kappa shape index (κ3) is 4.44. The molecule has 5 heteroatoms. The summed E-state index contributed by atoms with van der Waals surface area (Å²) in [5, 5.41) is 15.7. The summed E-state index contributed by atoms with van der Waals surface area (Å²) < 4.78 is 5.33. The van der Waals surface area contributed by atoms with Gasteiger partial charge in [-0.1, -0.05) is 20.8 Å². The highest BCUT2D eigenvalue weighted by molar-refractivity contribution is 7.13. The Morgan fingerprint density at radius 2 is 2.25 bits per heavy atom. The van der Waals surface area contributed by atoms with Crippen molar-refractivity contribution in [3.63, 3.8) is 0 Å². The van der Waals surface area contributed by atoms with Crippen LogP contribution in [0.1, 0.15) is 32.9 Å². The summed E-state index contributed by atoms with van der Waals surface area (Å²) in [4.78, 5) is 4.54. The molecule has 0 fully saturated rings. The van der Waals surface area contributed by atoms with Crippen molar-refractivity contribution in [3.8, 4) is 10.8 Å². The Labute approximate surface area is 123 Å². The molecule has 110 valence electrons. The number of hydrogen-bond acceptors (Lipinski definition) is 5. The zero-order chi connectivity index (χ0) is 14.6. The predicted molar refractivity (Wildman–Crippen MR) is 81.6 cm³/mol. The summed E-state index contributed by atoms with van der Waals surface area (Å²) in [6.45, 7) is 7.34. The van der Waals surface area contributed by atoms with E-state index in [-0.39, 0.29) is 18.1 Å². The maximum absolute atomic E-state index is 9.43. The third-order valence-corrected chi connectivity index (χ3v) is 3.84. The largest absolute Gasteiger partial charge is 0.462 e. The van der Waals surface area contributed by atoms with Gasteiger partial charge in [-0.05, 0) is 24.0 Å². The zero-order valence-electron chi connectivity index (χ0n) is 12.2. The standard InChI is InChI=1S/C15H22N2O2S/c1-15(2,3)7-11(9-18)16-8-12-10-20-14(17-12)13-5-4-6-19-13/h4-6,10-11,16,18H,7-9H2,1-3H3. The Hall–Kier alpha value is -1.17. The third-order valence-electron chi connectivity index (χ3n) is 2.93. The van der Waals surface area contributed by atoms with Crippen LogP contribution in [-0.2, 0) is 6.54 Å². The van der Waals surface area contributed by atoms with Crippen molar-refractivity contribution in [1.29, 1.82) is 0 Å². The average molecular weight is 294 g/mol. The summed E-state index contributed by atoms with van der Waals surface area (Å²) in [6.07, 6.45) is 2.58. The summed E-state index contributed by atoms with van der Waals surface area (Å²) in [7, 11) is 0. The van der Waals surface area contributed by atoms with Crippen LogP contribution >= 0.6 is 11.3 Å². The fourth-order valence-corrected chi connectivity index (χ4v) is 2.88. The minimum Gasteiger partial charge on any atom is -0.462 e. The van der Waals surface area contributed by atoms with Gasteiger partial charge in [0.05, 0.1) is 18.6 Å². The molecule has 0 spiro atoms. The number of nitrogens with zero attached hydrogens (tertiary/aromatic N) is 1. The van der Waals surface area contributed by atoms with Crippen LogP contribution in [0.3, 0.4) is 0 Å². The number of aliphatic hydroxyl groups is 1. The van der Waals surface area contributed by atoms with Crippen molar-refractivity contribution in [3.05, 3.63) is 29.5 Å². The second-order valence-corrected chi connectivity index (χ2v) is 7.00. The van der Waals surface area contributed by atoms with Crippen LogP contribution in [-0.4, -0.2) is 22.7 Å². The molecule has 2 N–H and O–H groups in total. The van der Waals surface area contributed by atoms with Gasteiger partial charge in [-0.25, -0.2) is 4.98 Å². The average Bonchev–Trinajstić information content (AvgIpc) is 3.03. The first kappa shape index (κ1) is 15.2. The lowest BCUT2D eigenvalue weighted by molar-refractivity contribution is 0.197. The van der Waals surface area contributed by atoms with E-state index in [1.165, 1.54) is 0 Å². The van der Waals surface area contributed by atoms with Gasteiger partial charge in [0.1, 0.15) is 0 Å². The van der Waals surface area contributed by atoms with E-state index in [9.17, 15) is 5.11 Å². The van der Waals surface area contributed by atoms with Gasteiger partial charge < -0.3 is 14.8 Å². The Morgan fingerprint density at radius 3 is 2.85 bits per heavy atom. The summed E-state index contributed by atoms with van der Waals surface area (Å²) >= 11 is 1.57. The molecule has 0 aromatic carbocycles. The van der Waals surface area contributed by atoms with E-state index in [2.05, 4.69) is 31.1 Å². The first-order valence-electron chi connectivity index (χ1n) is 6.80. The molecule has 0 aliphatic heterocycles. The van der Waals surface area contributed by atoms with Crippen molar-refractivity contribution in [1.82, 2.24) is 10.3 Å². The highest BCUT2D eigenvalue weighted by Gasteiger charge is 2.18. The quantitative estimate of drug-likeness (QED) is 0.858. The van der Waals surface area contributed by atoms with Crippen LogP contribution in [0.25, 0.3) is 10.8 Å². The highest BCUT2D eigenvalue weighted by Crippen LogP contribution is 2.24. The second kappa shape index (κ2) is 6.52. The Bertz CT molecular complexity index is 514. The molecule has 2 rings (SSSR count). The maximum atomic E-state index is 9.43. The van der Waals surface area contributed by atoms with Gasteiger partial charge >= 0.3 is 0 Å². The van der Waals surface area contributed by atoms with Crippen LogP contribution in [0, 0.1) is 5.41 Å². The minimum atomic E-state index is 0.101. The zero-order valence-corrected chi connectivity index (χ0v) is 13.0. The molecule has 0 amide bonds. The van der Waals surface area contributed by atoms with E-state index in [4.69, 9.17) is 4.42 Å². The lowest BCUT2D eigenvalue weighted by Crippen LogP contribution is -2.35. The van der Waals surface area contributed by atoms with E-state index in [1.807, 2.05) is 17.5 Å². The van der Waals surface area contributed by atoms with Gasteiger partial charge in [-0.15, -0.1) is 11.3 Å². The van der Waals surface area contributed by atoms with Crippen LogP contribution in [0.4, 0.5) is 0 Å². The van der Waals surface area contributed by atoms with Crippen LogP contribution < -0.4 is 5.32 Å². The lowest BCUT2D eigenvalue weighted by Gasteiger charge is -2.25. The monoisotopic (exact) mass is 294 g/mol. The molecule has 1 unspecified atom stereocenters. The van der Waals surface area contributed by atoms with Crippen LogP contribution in [0.15, 0.2) is 28.2 Å². The van der Waals surface area contributed by atoms with Crippen LogP contribution in [0.2, 0.25) is 0 Å². The van der Waals surface area contributed by atoms with Gasteiger partial charge in [0.15, 0.2) is 10.8 Å². The minimum absolute atomic E-state index is 0.101. The summed E-state index contributed by atoms with van der Waals surface area (Å²) in [6, 6.07) is 3.87. The Morgan fingerprint density at radius 1 is 1.45 bits per heavy atom. The van der Waals surface area contributed by atoms with E-state index in [1.54, 1.807) is 17.6 Å². The molecule has 2 heterocycles. The number of aromatic nitrogens is 1. The molecule has 0 bridgehead atoms. The van der Waals surface area contributed by atoms with E-state index < -0.39 is 0 Å². The molecule has 2 aromatic rings. The fourth-order valence-electron chi connectivity index (χ4n) is 2.09. The van der Waals surface area contributed by atoms with E-state index >= 15 is 0 Å². The van der Waals surface area contributed by atoms with Crippen molar-refractivity contribution in [2.24, 2.45) is 5.41 Å². The normalized spacial score (nSPS) is 13.6. The molecule has 0 aliphatic carbocycles. The summed E-state index contributed by atoms with van der Waals surface area (Å²) in [5.74, 6) is 0.801. The SMILES string of the molecule is CC(C)(C)CC(CO)NCc1csc(-c2ccco2)n1. The lowest BCUT2D eigenvalue weighted by atomic mass is 9.88. The van der Waals surface area contributed by atoms with Gasteiger partial charge in [0.2, 0.25) is 0 Å². The predicted octanol–water partition coefficient (Wildman–Crippen LogP) is 3.29. The number of thiazole rings is 1. The van der Waals surface area contributed by atoms with Gasteiger partial charge in [0, 0.05) is 18.0 Å². The maximum Gasteiger partial charge on any atom is 0.162 e. The van der Waals surface area contributed by atoms with Crippen LogP contribution in [0.5, 0.6) is 0 Å². The number of rotatable bonds is 6. The highest BCUT2D eigenvalue weighted by atomic mass is 32.1. The topological polar surface area (TPSA) is 58.3 Å². The summed E-state index contributed by atoms with van der Waals surface area (Å²) in [5.41, 5.74) is 1.18. The molecule has 2 aromatic heterocycles. The Balaban J connectivity index is 1.90. The first-order chi connectivity index (χ1) is 9.48. The van der Waals surface area contributed by atoms with Crippen molar-refractivity contribution < 1.29 is 9.52 Å². The molecule has 1 atom stereocenters.